The number of halogens is 1. The van der Waals surface area contributed by atoms with Crippen LogP contribution in [0.3, 0.4) is 0 Å². The van der Waals surface area contributed by atoms with Crippen molar-refractivity contribution < 1.29 is 15.0 Å². The van der Waals surface area contributed by atoms with E-state index in [1.807, 2.05) is 13.8 Å². The summed E-state index contributed by atoms with van der Waals surface area (Å²) in [5.41, 5.74) is -0.144. The van der Waals surface area contributed by atoms with E-state index < -0.39 is 6.10 Å². The number of aromatic hydroxyl groups is 1. The quantitative estimate of drug-likeness (QED) is 0.768. The highest BCUT2D eigenvalue weighted by Gasteiger charge is 2.48. The molecule has 0 saturated heterocycles. The smallest absolute Gasteiger partial charge is 0.255 e. The molecule has 5 heteroatoms. The SMILES string of the molecule is CC1(C)C(O)CC1NC(=O)c1ccc(Cl)cc1O. The molecule has 4 nitrogen and oxygen atoms in total. The number of amides is 1. The van der Waals surface area contributed by atoms with Crippen molar-refractivity contribution in [1.29, 1.82) is 0 Å². The van der Waals surface area contributed by atoms with E-state index in [1.165, 1.54) is 12.1 Å². The number of carbonyl (C=O) groups is 1. The van der Waals surface area contributed by atoms with E-state index in [9.17, 15) is 15.0 Å². The Morgan fingerprint density at radius 1 is 1.50 bits per heavy atom. The topological polar surface area (TPSA) is 69.6 Å². The van der Waals surface area contributed by atoms with Gasteiger partial charge in [-0.2, -0.15) is 0 Å². The lowest BCUT2D eigenvalue weighted by molar-refractivity contribution is -0.0689. The second-order valence-electron chi connectivity index (χ2n) is 5.26. The van der Waals surface area contributed by atoms with Gasteiger partial charge in [0.05, 0.1) is 11.7 Å². The average molecular weight is 270 g/mol. The van der Waals surface area contributed by atoms with Crippen LogP contribution in [0.5, 0.6) is 5.75 Å². The molecule has 2 rings (SSSR count). The number of hydrogen-bond donors (Lipinski definition) is 3. The first-order valence-corrected chi connectivity index (χ1v) is 6.17. The number of aliphatic hydroxyl groups excluding tert-OH is 1. The summed E-state index contributed by atoms with van der Waals surface area (Å²) in [6.45, 7) is 3.79. The zero-order valence-electron chi connectivity index (χ0n) is 10.3. The average Bonchev–Trinajstić information content (AvgIpc) is 2.28. The number of carbonyl (C=O) groups excluding carboxylic acids is 1. The van der Waals surface area contributed by atoms with Gasteiger partial charge in [0.15, 0.2) is 0 Å². The van der Waals surface area contributed by atoms with Crippen LogP contribution in [0.25, 0.3) is 0 Å². The van der Waals surface area contributed by atoms with Crippen LogP contribution in [0, 0.1) is 5.41 Å². The Labute approximate surface area is 111 Å². The standard InChI is InChI=1S/C13H16ClNO3/c1-13(2)10(6-11(13)17)15-12(18)8-4-3-7(14)5-9(8)16/h3-5,10-11,16-17H,6H2,1-2H3,(H,15,18). The first-order valence-electron chi connectivity index (χ1n) is 5.80. The van der Waals surface area contributed by atoms with E-state index in [1.54, 1.807) is 6.07 Å². The van der Waals surface area contributed by atoms with Gasteiger partial charge in [-0.05, 0) is 24.6 Å². The van der Waals surface area contributed by atoms with Gasteiger partial charge in [0, 0.05) is 16.5 Å². The lowest BCUT2D eigenvalue weighted by Crippen LogP contribution is -2.61. The summed E-state index contributed by atoms with van der Waals surface area (Å²) < 4.78 is 0. The summed E-state index contributed by atoms with van der Waals surface area (Å²) in [6, 6.07) is 4.28. The molecule has 0 radical (unpaired) electrons. The largest absolute Gasteiger partial charge is 0.507 e. The van der Waals surface area contributed by atoms with Crippen LogP contribution in [0.15, 0.2) is 18.2 Å². The normalized spacial score (nSPS) is 25.3. The Kier molecular flexibility index (Phi) is 3.25. The number of hydrogen-bond acceptors (Lipinski definition) is 3. The first-order chi connectivity index (χ1) is 8.32. The Balaban J connectivity index is 2.09. The minimum Gasteiger partial charge on any atom is -0.507 e. The maximum Gasteiger partial charge on any atom is 0.255 e. The Hall–Kier alpha value is -1.26. The predicted molar refractivity (Wildman–Crippen MR) is 68.8 cm³/mol. The van der Waals surface area contributed by atoms with Crippen LogP contribution < -0.4 is 5.32 Å². The van der Waals surface area contributed by atoms with Crippen molar-refractivity contribution in [2.45, 2.75) is 32.4 Å². The second kappa shape index (κ2) is 4.44. The molecular formula is C13H16ClNO3. The van der Waals surface area contributed by atoms with Crippen LogP contribution in [-0.2, 0) is 0 Å². The van der Waals surface area contributed by atoms with Crippen LogP contribution in [0.4, 0.5) is 0 Å². The molecule has 1 fully saturated rings. The van der Waals surface area contributed by atoms with E-state index in [0.29, 0.717) is 11.4 Å². The van der Waals surface area contributed by atoms with Crippen LogP contribution in [-0.4, -0.2) is 28.3 Å². The van der Waals surface area contributed by atoms with Gasteiger partial charge in [0.25, 0.3) is 5.91 Å². The van der Waals surface area contributed by atoms with E-state index in [-0.39, 0.29) is 28.7 Å². The van der Waals surface area contributed by atoms with Gasteiger partial charge in [-0.1, -0.05) is 25.4 Å². The molecule has 2 atom stereocenters. The van der Waals surface area contributed by atoms with Crippen LogP contribution in [0.1, 0.15) is 30.6 Å². The molecule has 1 saturated carbocycles. The van der Waals surface area contributed by atoms with Gasteiger partial charge in [0.1, 0.15) is 5.75 Å². The number of phenolic OH excluding ortho intramolecular Hbond substituents is 1. The van der Waals surface area contributed by atoms with Crippen molar-refractivity contribution in [2.24, 2.45) is 5.41 Å². The van der Waals surface area contributed by atoms with Gasteiger partial charge >= 0.3 is 0 Å². The molecule has 18 heavy (non-hydrogen) atoms. The molecule has 0 aromatic heterocycles. The molecule has 1 aliphatic rings. The molecule has 1 aliphatic carbocycles. The number of benzene rings is 1. The minimum atomic E-state index is -0.401. The molecule has 1 aromatic rings. The zero-order chi connectivity index (χ0) is 13.5. The second-order valence-corrected chi connectivity index (χ2v) is 5.70. The fraction of sp³-hybridized carbons (Fsp3) is 0.462. The van der Waals surface area contributed by atoms with E-state index in [4.69, 9.17) is 11.6 Å². The lowest BCUT2D eigenvalue weighted by atomic mass is 9.64. The maximum atomic E-state index is 12.0. The van der Waals surface area contributed by atoms with Crippen molar-refractivity contribution in [3.05, 3.63) is 28.8 Å². The van der Waals surface area contributed by atoms with Crippen molar-refractivity contribution in [3.63, 3.8) is 0 Å². The zero-order valence-corrected chi connectivity index (χ0v) is 11.0. The van der Waals surface area contributed by atoms with Crippen molar-refractivity contribution in [1.82, 2.24) is 5.32 Å². The van der Waals surface area contributed by atoms with E-state index in [2.05, 4.69) is 5.32 Å². The molecule has 0 heterocycles. The van der Waals surface area contributed by atoms with Crippen LogP contribution >= 0.6 is 11.6 Å². The van der Waals surface area contributed by atoms with E-state index in [0.717, 1.165) is 0 Å². The lowest BCUT2D eigenvalue weighted by Gasteiger charge is -2.49. The molecular weight excluding hydrogens is 254 g/mol. The van der Waals surface area contributed by atoms with Gasteiger partial charge in [-0.3, -0.25) is 4.79 Å². The first kappa shape index (κ1) is 13.2. The number of nitrogens with one attached hydrogen (secondary N) is 1. The highest BCUT2D eigenvalue weighted by atomic mass is 35.5. The number of rotatable bonds is 2. The van der Waals surface area contributed by atoms with Gasteiger partial charge in [-0.25, -0.2) is 0 Å². The molecule has 98 valence electrons. The maximum absolute atomic E-state index is 12.0. The minimum absolute atomic E-state index is 0.0879. The highest BCUT2D eigenvalue weighted by Crippen LogP contribution is 2.40. The summed E-state index contributed by atoms with van der Waals surface area (Å²) >= 11 is 5.71. The Morgan fingerprint density at radius 3 is 2.67 bits per heavy atom. The van der Waals surface area contributed by atoms with Crippen molar-refractivity contribution >= 4 is 17.5 Å². The molecule has 3 N–H and O–H groups in total. The summed E-state index contributed by atoms with van der Waals surface area (Å²) in [5.74, 6) is -0.494. The summed E-state index contributed by atoms with van der Waals surface area (Å²) in [5, 5.41) is 22.4. The molecule has 0 spiro atoms. The van der Waals surface area contributed by atoms with Gasteiger partial charge in [-0.15, -0.1) is 0 Å². The van der Waals surface area contributed by atoms with E-state index >= 15 is 0 Å². The van der Waals surface area contributed by atoms with Crippen LogP contribution in [0.2, 0.25) is 5.02 Å². The number of aliphatic hydroxyl groups is 1. The predicted octanol–water partition coefficient (Wildman–Crippen LogP) is 1.93. The fourth-order valence-electron chi connectivity index (χ4n) is 2.08. The highest BCUT2D eigenvalue weighted by molar-refractivity contribution is 6.30. The molecule has 1 amide bonds. The number of phenols is 1. The molecule has 0 aliphatic heterocycles. The summed E-state index contributed by atoms with van der Waals surface area (Å²) in [4.78, 5) is 12.0. The monoisotopic (exact) mass is 269 g/mol. The fourth-order valence-corrected chi connectivity index (χ4v) is 2.25. The molecule has 0 bridgehead atoms. The Bertz CT molecular complexity index is 487. The van der Waals surface area contributed by atoms with Gasteiger partial charge in [0.2, 0.25) is 0 Å². The Morgan fingerprint density at radius 2 is 2.17 bits per heavy atom. The third-order valence-electron chi connectivity index (χ3n) is 3.73. The van der Waals surface area contributed by atoms with Crippen molar-refractivity contribution in [3.8, 4) is 5.75 Å². The molecule has 2 unspecified atom stereocenters. The molecule has 1 aromatic carbocycles. The third kappa shape index (κ3) is 2.18. The van der Waals surface area contributed by atoms with Crippen molar-refractivity contribution in [2.75, 3.05) is 0 Å². The third-order valence-corrected chi connectivity index (χ3v) is 3.96. The summed E-state index contributed by atoms with van der Waals surface area (Å²) in [6.07, 6.45) is 0.134. The van der Waals surface area contributed by atoms with Gasteiger partial charge < -0.3 is 15.5 Å². The summed E-state index contributed by atoms with van der Waals surface area (Å²) in [7, 11) is 0.